The van der Waals surface area contributed by atoms with E-state index in [4.69, 9.17) is 4.98 Å². The lowest BCUT2D eigenvalue weighted by Crippen LogP contribution is -2.42. The van der Waals surface area contributed by atoms with E-state index in [0.29, 0.717) is 0 Å². The molecule has 1 aromatic rings. The van der Waals surface area contributed by atoms with E-state index >= 15 is 0 Å². The fourth-order valence-corrected chi connectivity index (χ4v) is 4.26. The summed E-state index contributed by atoms with van der Waals surface area (Å²) >= 11 is 1.86. The molecule has 1 saturated carbocycles. The molecule has 1 N–H and O–H groups in total. The molecule has 0 radical (unpaired) electrons. The molecule has 1 aliphatic rings. The van der Waals surface area contributed by atoms with Gasteiger partial charge in [-0.05, 0) is 19.4 Å². The first kappa shape index (κ1) is 15.0. The number of aromatic nitrogens is 1. The smallest absolute Gasteiger partial charge is 0.113 e. The standard InChI is InChI=1S/C16H28N2S/c1-5-17-16(10-8-6-7-9-11-16)14-18-13(12-19-14)15(2,3)4/h12,17H,5-11H2,1-4H3. The molecule has 0 unspecified atom stereocenters. The summed E-state index contributed by atoms with van der Waals surface area (Å²) in [7, 11) is 0. The van der Waals surface area contributed by atoms with Crippen molar-refractivity contribution in [3.63, 3.8) is 0 Å². The van der Waals surface area contributed by atoms with E-state index in [9.17, 15) is 0 Å². The molecule has 2 rings (SSSR count). The summed E-state index contributed by atoms with van der Waals surface area (Å²) < 4.78 is 0. The van der Waals surface area contributed by atoms with Gasteiger partial charge in [-0.2, -0.15) is 0 Å². The van der Waals surface area contributed by atoms with Crippen LogP contribution in [0.2, 0.25) is 0 Å². The zero-order valence-corrected chi connectivity index (χ0v) is 13.7. The Kier molecular flexibility index (Phi) is 4.67. The van der Waals surface area contributed by atoms with Gasteiger partial charge >= 0.3 is 0 Å². The SMILES string of the molecule is CCNC1(c2nc(C(C)(C)C)cs2)CCCCCC1. The predicted molar refractivity (Wildman–Crippen MR) is 83.9 cm³/mol. The largest absolute Gasteiger partial charge is 0.306 e. The molecule has 0 amide bonds. The summed E-state index contributed by atoms with van der Waals surface area (Å²) in [5.74, 6) is 0. The maximum absolute atomic E-state index is 4.99. The number of hydrogen-bond donors (Lipinski definition) is 1. The lowest BCUT2D eigenvalue weighted by molar-refractivity contribution is 0.294. The van der Waals surface area contributed by atoms with E-state index < -0.39 is 0 Å². The molecule has 0 bridgehead atoms. The van der Waals surface area contributed by atoms with Gasteiger partial charge in [0.2, 0.25) is 0 Å². The van der Waals surface area contributed by atoms with Crippen molar-refractivity contribution in [1.82, 2.24) is 10.3 Å². The van der Waals surface area contributed by atoms with Crippen molar-refractivity contribution in [3.8, 4) is 0 Å². The normalized spacial score (nSPS) is 20.2. The van der Waals surface area contributed by atoms with Crippen molar-refractivity contribution in [2.24, 2.45) is 0 Å². The van der Waals surface area contributed by atoms with Gasteiger partial charge in [-0.15, -0.1) is 11.3 Å². The van der Waals surface area contributed by atoms with Gasteiger partial charge in [0.1, 0.15) is 5.01 Å². The van der Waals surface area contributed by atoms with Crippen LogP contribution in [0.4, 0.5) is 0 Å². The quantitative estimate of drug-likeness (QED) is 0.819. The molecule has 1 aliphatic carbocycles. The molecule has 1 heterocycles. The van der Waals surface area contributed by atoms with E-state index in [2.05, 4.69) is 38.4 Å². The topological polar surface area (TPSA) is 24.9 Å². The highest BCUT2D eigenvalue weighted by atomic mass is 32.1. The Balaban J connectivity index is 2.30. The third-order valence-corrected chi connectivity index (χ3v) is 5.20. The number of nitrogens with zero attached hydrogens (tertiary/aromatic N) is 1. The molecule has 19 heavy (non-hydrogen) atoms. The fourth-order valence-electron chi connectivity index (χ4n) is 2.97. The zero-order chi connectivity index (χ0) is 13.9. The summed E-state index contributed by atoms with van der Waals surface area (Å²) in [5, 5.41) is 7.35. The molecule has 0 saturated heterocycles. The first-order chi connectivity index (χ1) is 8.98. The van der Waals surface area contributed by atoms with Crippen LogP contribution >= 0.6 is 11.3 Å². The van der Waals surface area contributed by atoms with Crippen molar-refractivity contribution in [2.45, 2.75) is 77.2 Å². The average molecular weight is 280 g/mol. The number of rotatable bonds is 3. The Morgan fingerprint density at radius 3 is 2.32 bits per heavy atom. The molecule has 0 spiro atoms. The fraction of sp³-hybridized carbons (Fsp3) is 0.812. The number of hydrogen-bond acceptors (Lipinski definition) is 3. The van der Waals surface area contributed by atoms with Crippen LogP contribution in [-0.4, -0.2) is 11.5 Å². The van der Waals surface area contributed by atoms with E-state index in [1.165, 1.54) is 49.2 Å². The van der Waals surface area contributed by atoms with Crippen LogP contribution < -0.4 is 5.32 Å². The summed E-state index contributed by atoms with van der Waals surface area (Å²) in [6, 6.07) is 0. The maximum Gasteiger partial charge on any atom is 0.113 e. The van der Waals surface area contributed by atoms with Crippen molar-refractivity contribution >= 4 is 11.3 Å². The van der Waals surface area contributed by atoms with E-state index in [1.54, 1.807) is 0 Å². The number of nitrogens with one attached hydrogen (secondary N) is 1. The number of thiazole rings is 1. The Hall–Kier alpha value is -0.410. The predicted octanol–water partition coefficient (Wildman–Crippen LogP) is 4.60. The zero-order valence-electron chi connectivity index (χ0n) is 12.9. The lowest BCUT2D eigenvalue weighted by Gasteiger charge is -2.32. The molecule has 2 nitrogen and oxygen atoms in total. The van der Waals surface area contributed by atoms with Crippen LogP contribution in [0.5, 0.6) is 0 Å². The van der Waals surface area contributed by atoms with Crippen molar-refractivity contribution < 1.29 is 0 Å². The second-order valence-electron chi connectivity index (χ2n) is 6.81. The van der Waals surface area contributed by atoms with Gasteiger partial charge < -0.3 is 5.32 Å². The molecular formula is C16H28N2S. The van der Waals surface area contributed by atoms with Gasteiger partial charge in [0.05, 0.1) is 11.2 Å². The minimum atomic E-state index is 0.152. The second kappa shape index (κ2) is 5.92. The highest BCUT2D eigenvalue weighted by Gasteiger charge is 2.35. The summed E-state index contributed by atoms with van der Waals surface area (Å²) in [6.45, 7) is 9.99. The first-order valence-electron chi connectivity index (χ1n) is 7.69. The Bertz CT molecular complexity index is 395. The third-order valence-electron chi connectivity index (χ3n) is 4.15. The van der Waals surface area contributed by atoms with E-state index in [1.807, 2.05) is 11.3 Å². The van der Waals surface area contributed by atoms with Gasteiger partial charge in [0.15, 0.2) is 0 Å². The van der Waals surface area contributed by atoms with Gasteiger partial charge in [-0.1, -0.05) is 53.4 Å². The van der Waals surface area contributed by atoms with Crippen LogP contribution in [0.15, 0.2) is 5.38 Å². The monoisotopic (exact) mass is 280 g/mol. The summed E-state index contributed by atoms with van der Waals surface area (Å²) in [4.78, 5) is 4.99. The molecule has 108 valence electrons. The maximum atomic E-state index is 4.99. The second-order valence-corrected chi connectivity index (χ2v) is 7.67. The Morgan fingerprint density at radius 2 is 1.84 bits per heavy atom. The minimum Gasteiger partial charge on any atom is -0.306 e. The molecule has 3 heteroatoms. The van der Waals surface area contributed by atoms with Gasteiger partial charge in [0, 0.05) is 10.8 Å². The Labute approximate surface area is 122 Å². The van der Waals surface area contributed by atoms with Crippen molar-refractivity contribution in [1.29, 1.82) is 0 Å². The molecule has 1 fully saturated rings. The van der Waals surface area contributed by atoms with Crippen LogP contribution in [0, 0.1) is 0 Å². The van der Waals surface area contributed by atoms with Crippen LogP contribution in [0.3, 0.4) is 0 Å². The van der Waals surface area contributed by atoms with E-state index in [-0.39, 0.29) is 11.0 Å². The highest BCUT2D eigenvalue weighted by Crippen LogP contribution is 2.38. The summed E-state index contributed by atoms with van der Waals surface area (Å²) in [5.41, 5.74) is 1.56. The van der Waals surface area contributed by atoms with Gasteiger partial charge in [-0.25, -0.2) is 4.98 Å². The first-order valence-corrected chi connectivity index (χ1v) is 8.57. The summed E-state index contributed by atoms with van der Waals surface area (Å²) in [6.07, 6.45) is 7.92. The highest BCUT2D eigenvalue weighted by molar-refractivity contribution is 7.09. The molecule has 0 aliphatic heterocycles. The Morgan fingerprint density at radius 1 is 1.21 bits per heavy atom. The van der Waals surface area contributed by atoms with Crippen molar-refractivity contribution in [3.05, 3.63) is 16.1 Å². The van der Waals surface area contributed by atoms with Gasteiger partial charge in [0.25, 0.3) is 0 Å². The molecule has 1 aromatic heterocycles. The molecule has 0 atom stereocenters. The van der Waals surface area contributed by atoms with E-state index in [0.717, 1.165) is 6.54 Å². The third kappa shape index (κ3) is 3.38. The van der Waals surface area contributed by atoms with Gasteiger partial charge in [-0.3, -0.25) is 0 Å². The molecule has 0 aromatic carbocycles. The van der Waals surface area contributed by atoms with Crippen molar-refractivity contribution in [2.75, 3.05) is 6.54 Å². The van der Waals surface area contributed by atoms with Crippen LogP contribution in [0.25, 0.3) is 0 Å². The molecular weight excluding hydrogens is 252 g/mol. The van der Waals surface area contributed by atoms with Crippen LogP contribution in [-0.2, 0) is 11.0 Å². The van der Waals surface area contributed by atoms with Crippen LogP contribution in [0.1, 0.15) is 76.9 Å². The lowest BCUT2D eigenvalue weighted by atomic mass is 9.90. The minimum absolute atomic E-state index is 0.152. The average Bonchev–Trinajstić information content (AvgIpc) is 2.73.